The van der Waals surface area contributed by atoms with E-state index in [2.05, 4.69) is 12.2 Å². The number of amides is 1. The smallest absolute Gasteiger partial charge is 0.348 e. The second-order valence-corrected chi connectivity index (χ2v) is 8.40. The highest BCUT2D eigenvalue weighted by molar-refractivity contribution is 7.14. The molecule has 1 atom stereocenters. The summed E-state index contributed by atoms with van der Waals surface area (Å²) in [5, 5.41) is 4.95. The van der Waals surface area contributed by atoms with Crippen molar-refractivity contribution in [1.82, 2.24) is 0 Å². The van der Waals surface area contributed by atoms with Crippen LogP contribution in [-0.2, 0) is 22.4 Å². The Labute approximate surface area is 168 Å². The SMILES string of the molecule is CC[C@@H]1CCc2sc(C(=O)OCC(=O)Nc3ccc4ccccc4c3)cc2C1. The number of anilines is 1. The average Bonchev–Trinajstić information content (AvgIpc) is 3.15. The van der Waals surface area contributed by atoms with Crippen molar-refractivity contribution in [1.29, 1.82) is 0 Å². The van der Waals surface area contributed by atoms with E-state index in [1.807, 2.05) is 48.5 Å². The molecule has 144 valence electrons. The van der Waals surface area contributed by atoms with E-state index in [1.165, 1.54) is 34.6 Å². The molecule has 0 fully saturated rings. The maximum atomic E-state index is 12.4. The zero-order valence-corrected chi connectivity index (χ0v) is 16.7. The Hall–Kier alpha value is -2.66. The van der Waals surface area contributed by atoms with Crippen LogP contribution in [0.5, 0.6) is 0 Å². The summed E-state index contributed by atoms with van der Waals surface area (Å²) in [5.41, 5.74) is 1.97. The molecule has 1 heterocycles. The summed E-state index contributed by atoms with van der Waals surface area (Å²) in [6.07, 6.45) is 4.43. The van der Waals surface area contributed by atoms with Gasteiger partial charge < -0.3 is 10.1 Å². The van der Waals surface area contributed by atoms with Gasteiger partial charge in [-0.1, -0.05) is 43.7 Å². The van der Waals surface area contributed by atoms with Gasteiger partial charge in [-0.05, 0) is 59.7 Å². The third-order valence-electron chi connectivity index (χ3n) is 5.33. The minimum atomic E-state index is -0.416. The maximum absolute atomic E-state index is 12.4. The van der Waals surface area contributed by atoms with E-state index >= 15 is 0 Å². The molecule has 5 heteroatoms. The normalized spacial score (nSPS) is 15.8. The van der Waals surface area contributed by atoms with Crippen LogP contribution in [0.4, 0.5) is 5.69 Å². The first kappa shape index (κ1) is 18.7. The number of hydrogen-bond donors (Lipinski definition) is 1. The van der Waals surface area contributed by atoms with Gasteiger partial charge in [-0.3, -0.25) is 4.79 Å². The number of thiophene rings is 1. The fourth-order valence-corrected chi connectivity index (χ4v) is 4.82. The van der Waals surface area contributed by atoms with Crippen LogP contribution in [-0.4, -0.2) is 18.5 Å². The van der Waals surface area contributed by atoms with E-state index in [9.17, 15) is 9.59 Å². The van der Waals surface area contributed by atoms with E-state index < -0.39 is 5.97 Å². The fraction of sp³-hybridized carbons (Fsp3) is 0.304. The minimum absolute atomic E-state index is 0.286. The lowest BCUT2D eigenvalue weighted by Crippen LogP contribution is -2.20. The zero-order valence-electron chi connectivity index (χ0n) is 15.9. The highest BCUT2D eigenvalue weighted by atomic mass is 32.1. The van der Waals surface area contributed by atoms with Gasteiger partial charge in [-0.15, -0.1) is 11.3 Å². The van der Waals surface area contributed by atoms with E-state index in [0.717, 1.165) is 23.6 Å². The van der Waals surface area contributed by atoms with Crippen molar-refractivity contribution in [2.24, 2.45) is 5.92 Å². The van der Waals surface area contributed by atoms with Crippen molar-refractivity contribution in [2.75, 3.05) is 11.9 Å². The summed E-state index contributed by atoms with van der Waals surface area (Å²) in [4.78, 5) is 26.4. The molecule has 2 aromatic carbocycles. The minimum Gasteiger partial charge on any atom is -0.451 e. The molecule has 1 aliphatic rings. The lowest BCUT2D eigenvalue weighted by atomic mass is 9.87. The molecule has 0 unspecified atom stereocenters. The van der Waals surface area contributed by atoms with Crippen LogP contribution in [0, 0.1) is 5.92 Å². The zero-order chi connectivity index (χ0) is 19.5. The van der Waals surface area contributed by atoms with Gasteiger partial charge in [0.1, 0.15) is 4.88 Å². The first-order valence-electron chi connectivity index (χ1n) is 9.69. The van der Waals surface area contributed by atoms with Gasteiger partial charge in [0.2, 0.25) is 0 Å². The van der Waals surface area contributed by atoms with Crippen molar-refractivity contribution in [2.45, 2.75) is 32.6 Å². The van der Waals surface area contributed by atoms with Crippen LogP contribution >= 0.6 is 11.3 Å². The van der Waals surface area contributed by atoms with Gasteiger partial charge in [0, 0.05) is 10.6 Å². The number of aryl methyl sites for hydroxylation is 1. The molecule has 3 aromatic rings. The number of rotatable bonds is 5. The molecular formula is C23H23NO3S. The maximum Gasteiger partial charge on any atom is 0.348 e. The molecule has 0 bridgehead atoms. The summed E-state index contributed by atoms with van der Waals surface area (Å²) < 4.78 is 5.24. The molecule has 1 aliphatic carbocycles. The van der Waals surface area contributed by atoms with Crippen LogP contribution in [0.15, 0.2) is 48.5 Å². The predicted octanol–water partition coefficient (Wildman–Crippen LogP) is 5.21. The fourth-order valence-electron chi connectivity index (χ4n) is 3.71. The number of esters is 1. The van der Waals surface area contributed by atoms with Gasteiger partial charge in [0.05, 0.1) is 0 Å². The highest BCUT2D eigenvalue weighted by Crippen LogP contribution is 2.33. The standard InChI is InChI=1S/C23H23NO3S/c1-2-15-7-10-20-18(11-15)13-21(28-20)23(26)27-14-22(25)24-19-9-8-16-5-3-4-6-17(16)12-19/h3-6,8-9,12-13,15H,2,7,10-11,14H2,1H3,(H,24,25)/t15-/m1/s1. The second-order valence-electron chi connectivity index (χ2n) is 7.26. The van der Waals surface area contributed by atoms with Crippen LogP contribution < -0.4 is 5.32 Å². The van der Waals surface area contributed by atoms with Crippen LogP contribution in [0.25, 0.3) is 10.8 Å². The Bertz CT molecular complexity index is 1020. The molecule has 0 aliphatic heterocycles. The van der Waals surface area contributed by atoms with Crippen molar-refractivity contribution < 1.29 is 14.3 Å². The summed E-state index contributed by atoms with van der Waals surface area (Å²) in [7, 11) is 0. The number of carbonyl (C=O) groups is 2. The lowest BCUT2D eigenvalue weighted by Gasteiger charge is -2.19. The Kier molecular flexibility index (Phi) is 5.44. The average molecular weight is 394 g/mol. The number of fused-ring (bicyclic) bond motifs is 2. The van der Waals surface area contributed by atoms with Crippen molar-refractivity contribution >= 4 is 39.7 Å². The third-order valence-corrected chi connectivity index (χ3v) is 6.55. The quantitative estimate of drug-likeness (QED) is 0.605. The Morgan fingerprint density at radius 1 is 1.14 bits per heavy atom. The number of carbonyl (C=O) groups excluding carboxylic acids is 2. The Morgan fingerprint density at radius 2 is 1.96 bits per heavy atom. The van der Waals surface area contributed by atoms with Gasteiger partial charge in [0.25, 0.3) is 5.91 Å². The Morgan fingerprint density at radius 3 is 2.79 bits per heavy atom. The molecule has 0 spiro atoms. The molecular weight excluding hydrogens is 370 g/mol. The molecule has 0 saturated heterocycles. The van der Waals surface area contributed by atoms with Crippen LogP contribution in [0.2, 0.25) is 0 Å². The molecule has 1 amide bonds. The van der Waals surface area contributed by atoms with Crippen molar-refractivity contribution in [3.63, 3.8) is 0 Å². The van der Waals surface area contributed by atoms with E-state index in [0.29, 0.717) is 16.5 Å². The molecule has 28 heavy (non-hydrogen) atoms. The molecule has 0 saturated carbocycles. The topological polar surface area (TPSA) is 55.4 Å². The van der Waals surface area contributed by atoms with Crippen molar-refractivity contribution in [3.8, 4) is 0 Å². The summed E-state index contributed by atoms with van der Waals surface area (Å²) >= 11 is 1.51. The molecule has 1 aromatic heterocycles. The molecule has 4 nitrogen and oxygen atoms in total. The predicted molar refractivity (Wildman–Crippen MR) is 113 cm³/mol. The first-order valence-corrected chi connectivity index (χ1v) is 10.5. The van der Waals surface area contributed by atoms with Gasteiger partial charge >= 0.3 is 5.97 Å². The summed E-state index contributed by atoms with van der Waals surface area (Å²) in [6, 6.07) is 15.6. The number of nitrogens with one attached hydrogen (secondary N) is 1. The van der Waals surface area contributed by atoms with Crippen LogP contribution in [0.1, 0.15) is 39.9 Å². The summed E-state index contributed by atoms with van der Waals surface area (Å²) in [5.74, 6) is -0.0455. The lowest BCUT2D eigenvalue weighted by molar-refractivity contribution is -0.119. The van der Waals surface area contributed by atoms with E-state index in [-0.39, 0.29) is 12.5 Å². The Balaban J connectivity index is 1.34. The first-order chi connectivity index (χ1) is 13.6. The van der Waals surface area contributed by atoms with Gasteiger partial charge in [0.15, 0.2) is 6.61 Å². The third kappa shape index (κ3) is 4.09. The van der Waals surface area contributed by atoms with Crippen molar-refractivity contribution in [3.05, 3.63) is 63.8 Å². The summed E-state index contributed by atoms with van der Waals surface area (Å²) in [6.45, 7) is 1.93. The van der Waals surface area contributed by atoms with E-state index in [4.69, 9.17) is 4.74 Å². The number of ether oxygens (including phenoxy) is 1. The molecule has 1 N–H and O–H groups in total. The van der Waals surface area contributed by atoms with Crippen LogP contribution in [0.3, 0.4) is 0 Å². The second kappa shape index (κ2) is 8.15. The number of hydrogen-bond acceptors (Lipinski definition) is 4. The van der Waals surface area contributed by atoms with Gasteiger partial charge in [-0.2, -0.15) is 0 Å². The number of benzene rings is 2. The highest BCUT2D eigenvalue weighted by Gasteiger charge is 2.23. The molecule has 4 rings (SSSR count). The largest absolute Gasteiger partial charge is 0.451 e. The van der Waals surface area contributed by atoms with Gasteiger partial charge in [-0.25, -0.2) is 4.79 Å². The van der Waals surface area contributed by atoms with E-state index in [1.54, 1.807) is 0 Å². The monoisotopic (exact) mass is 393 g/mol. The molecule has 0 radical (unpaired) electrons.